The molecule has 0 aliphatic carbocycles. The predicted molar refractivity (Wildman–Crippen MR) is 103 cm³/mol. The van der Waals surface area contributed by atoms with Gasteiger partial charge in [-0.05, 0) is 30.5 Å². The van der Waals surface area contributed by atoms with Crippen LogP contribution in [0.3, 0.4) is 0 Å². The first-order valence-corrected chi connectivity index (χ1v) is 9.37. The highest BCUT2D eigenvalue weighted by atomic mass is 16.7. The van der Waals surface area contributed by atoms with Gasteiger partial charge in [-0.25, -0.2) is 0 Å². The quantitative estimate of drug-likeness (QED) is 0.185. The summed E-state index contributed by atoms with van der Waals surface area (Å²) in [4.78, 5) is 5.68. The van der Waals surface area contributed by atoms with E-state index in [4.69, 9.17) is 14.3 Å². The molecule has 1 aromatic rings. The maximum absolute atomic E-state index is 5.68. The number of hydrogen-bond acceptors (Lipinski definition) is 4. The van der Waals surface area contributed by atoms with Crippen LogP contribution in [0.4, 0.5) is 0 Å². The lowest BCUT2D eigenvalue weighted by Crippen LogP contribution is -2.33. The van der Waals surface area contributed by atoms with E-state index in [2.05, 4.69) is 30.7 Å². The Morgan fingerprint density at radius 2 is 1.80 bits per heavy atom. The molecule has 0 bridgehead atoms. The molecule has 1 unspecified atom stereocenters. The van der Waals surface area contributed by atoms with Crippen molar-refractivity contribution in [2.75, 3.05) is 21.0 Å². The van der Waals surface area contributed by atoms with Gasteiger partial charge in [0.2, 0.25) is 0 Å². The van der Waals surface area contributed by atoms with Crippen LogP contribution in [0.1, 0.15) is 57.4 Å². The van der Waals surface area contributed by atoms with E-state index in [0.29, 0.717) is 6.04 Å². The average molecular weight is 350 g/mol. The number of benzene rings is 1. The van der Waals surface area contributed by atoms with Crippen LogP contribution in [0.5, 0.6) is 5.75 Å². The second kappa shape index (κ2) is 13.9. The van der Waals surface area contributed by atoms with Crippen molar-refractivity contribution in [1.29, 1.82) is 0 Å². The zero-order chi connectivity index (χ0) is 18.3. The normalized spacial score (nSPS) is 12.3. The van der Waals surface area contributed by atoms with E-state index in [-0.39, 0.29) is 6.79 Å². The van der Waals surface area contributed by atoms with Gasteiger partial charge in [0.15, 0.2) is 6.79 Å². The van der Waals surface area contributed by atoms with Crippen LogP contribution in [0.2, 0.25) is 0 Å². The predicted octanol–water partition coefficient (Wildman–Crippen LogP) is 5.34. The molecule has 1 aromatic carbocycles. The van der Waals surface area contributed by atoms with Crippen LogP contribution in [-0.2, 0) is 16.1 Å². The van der Waals surface area contributed by atoms with Gasteiger partial charge in [-0.3, -0.25) is 0 Å². The van der Waals surface area contributed by atoms with Crippen molar-refractivity contribution in [1.82, 2.24) is 5.06 Å². The molecule has 0 radical (unpaired) electrons. The summed E-state index contributed by atoms with van der Waals surface area (Å²) in [5, 5.41) is 2.08. The maximum Gasteiger partial charge on any atom is 0.188 e. The Morgan fingerprint density at radius 1 is 1.08 bits per heavy atom. The summed E-state index contributed by atoms with van der Waals surface area (Å²) in [7, 11) is 3.37. The van der Waals surface area contributed by atoms with Crippen molar-refractivity contribution in [3.63, 3.8) is 0 Å². The minimum Gasteiger partial charge on any atom is -0.468 e. The molecule has 0 amide bonds. The van der Waals surface area contributed by atoms with Crippen molar-refractivity contribution >= 4 is 0 Å². The maximum atomic E-state index is 5.68. The fraction of sp³-hybridized carbons (Fsp3) is 0.619. The second-order valence-corrected chi connectivity index (χ2v) is 6.33. The summed E-state index contributed by atoms with van der Waals surface area (Å²) < 4.78 is 10.4. The smallest absolute Gasteiger partial charge is 0.188 e. The van der Waals surface area contributed by atoms with E-state index in [9.17, 15) is 0 Å². The molecule has 142 valence electrons. The number of unbranched alkanes of at least 4 members (excludes halogenated alkanes) is 4. The molecule has 0 saturated heterocycles. The first-order chi connectivity index (χ1) is 12.2. The van der Waals surface area contributed by atoms with Crippen molar-refractivity contribution in [2.45, 2.75) is 64.5 Å². The van der Waals surface area contributed by atoms with Gasteiger partial charge >= 0.3 is 0 Å². The Kier molecular flexibility index (Phi) is 12.0. The lowest BCUT2D eigenvalue weighted by atomic mass is 10.0. The van der Waals surface area contributed by atoms with E-state index in [0.717, 1.165) is 25.1 Å². The fourth-order valence-electron chi connectivity index (χ4n) is 2.90. The Bertz CT molecular complexity index is 447. The Morgan fingerprint density at radius 3 is 2.40 bits per heavy atom. The Labute approximate surface area is 153 Å². The second-order valence-electron chi connectivity index (χ2n) is 6.33. The standard InChI is InChI=1S/C21H35NO3/c1-5-7-8-9-10-12-20(11-6-2)22(24-4)17-19-13-15-21(16-14-19)25-18-23-3/h6,13-16,20H,2,5,7-12,17-18H2,1,3-4H3. The molecule has 0 spiro atoms. The molecular formula is C21H35NO3. The van der Waals surface area contributed by atoms with Crippen LogP contribution in [-0.4, -0.2) is 32.1 Å². The highest BCUT2D eigenvalue weighted by molar-refractivity contribution is 5.27. The summed E-state index contributed by atoms with van der Waals surface area (Å²) >= 11 is 0. The van der Waals surface area contributed by atoms with E-state index in [1.54, 1.807) is 14.2 Å². The van der Waals surface area contributed by atoms with Crippen LogP contribution in [0.25, 0.3) is 0 Å². The van der Waals surface area contributed by atoms with Crippen molar-refractivity contribution in [2.24, 2.45) is 0 Å². The van der Waals surface area contributed by atoms with Crippen molar-refractivity contribution in [3.8, 4) is 5.75 Å². The first-order valence-electron chi connectivity index (χ1n) is 9.37. The zero-order valence-electron chi connectivity index (χ0n) is 16.2. The lowest BCUT2D eigenvalue weighted by Gasteiger charge is -2.29. The molecule has 0 fully saturated rings. The van der Waals surface area contributed by atoms with Gasteiger partial charge < -0.3 is 14.3 Å². The molecule has 4 heteroatoms. The number of ether oxygens (including phenoxy) is 2. The molecule has 0 aliphatic heterocycles. The van der Waals surface area contributed by atoms with E-state index in [1.807, 2.05) is 18.2 Å². The summed E-state index contributed by atoms with van der Waals surface area (Å²) in [6.07, 6.45) is 10.5. The molecule has 1 rings (SSSR count). The third-order valence-electron chi connectivity index (χ3n) is 4.33. The van der Waals surface area contributed by atoms with E-state index < -0.39 is 0 Å². The van der Waals surface area contributed by atoms with Gasteiger partial charge in [0.1, 0.15) is 5.75 Å². The molecule has 4 nitrogen and oxygen atoms in total. The number of hydroxylamine groups is 2. The van der Waals surface area contributed by atoms with Crippen LogP contribution >= 0.6 is 0 Å². The molecule has 25 heavy (non-hydrogen) atoms. The minimum atomic E-state index is 0.267. The van der Waals surface area contributed by atoms with Gasteiger partial charge in [-0.2, -0.15) is 5.06 Å². The number of rotatable bonds is 15. The molecule has 0 heterocycles. The molecule has 0 saturated carbocycles. The number of hydrogen-bond donors (Lipinski definition) is 0. The van der Waals surface area contributed by atoms with Gasteiger partial charge in [0.05, 0.1) is 7.11 Å². The third-order valence-corrected chi connectivity index (χ3v) is 4.33. The molecule has 0 aromatic heterocycles. The van der Waals surface area contributed by atoms with E-state index >= 15 is 0 Å². The van der Waals surface area contributed by atoms with Gasteiger partial charge in [-0.1, -0.05) is 57.2 Å². The van der Waals surface area contributed by atoms with Crippen LogP contribution < -0.4 is 4.74 Å². The highest BCUT2D eigenvalue weighted by Gasteiger charge is 2.17. The van der Waals surface area contributed by atoms with Gasteiger partial charge in [0.25, 0.3) is 0 Å². The fourth-order valence-corrected chi connectivity index (χ4v) is 2.90. The topological polar surface area (TPSA) is 30.9 Å². The zero-order valence-corrected chi connectivity index (χ0v) is 16.2. The molecule has 0 N–H and O–H groups in total. The SMILES string of the molecule is C=CCC(CCCCCCC)N(Cc1ccc(OCOC)cc1)OC. The van der Waals surface area contributed by atoms with Crippen molar-refractivity contribution < 1.29 is 14.3 Å². The summed E-state index contributed by atoms with van der Waals surface area (Å²) in [6.45, 7) is 7.19. The molecule has 1 atom stereocenters. The number of nitrogens with zero attached hydrogens (tertiary/aromatic N) is 1. The van der Waals surface area contributed by atoms with Crippen LogP contribution in [0.15, 0.2) is 36.9 Å². The summed E-state index contributed by atoms with van der Waals surface area (Å²) in [5.41, 5.74) is 1.20. The van der Waals surface area contributed by atoms with Gasteiger partial charge in [0, 0.05) is 19.7 Å². The average Bonchev–Trinajstić information content (AvgIpc) is 2.64. The van der Waals surface area contributed by atoms with Crippen molar-refractivity contribution in [3.05, 3.63) is 42.5 Å². The highest BCUT2D eigenvalue weighted by Crippen LogP contribution is 2.19. The summed E-state index contributed by atoms with van der Waals surface area (Å²) in [6, 6.07) is 8.45. The Hall–Kier alpha value is -1.36. The largest absolute Gasteiger partial charge is 0.468 e. The first kappa shape index (κ1) is 21.7. The minimum absolute atomic E-state index is 0.267. The molecular weight excluding hydrogens is 314 g/mol. The number of methoxy groups -OCH3 is 1. The summed E-state index contributed by atoms with van der Waals surface area (Å²) in [5.74, 6) is 0.813. The molecule has 0 aliphatic rings. The van der Waals surface area contributed by atoms with Gasteiger partial charge in [-0.15, -0.1) is 6.58 Å². The van der Waals surface area contributed by atoms with E-state index in [1.165, 1.54) is 37.7 Å². The third kappa shape index (κ3) is 9.05. The Balaban J connectivity index is 2.55. The van der Waals surface area contributed by atoms with Crippen LogP contribution in [0, 0.1) is 0 Å². The lowest BCUT2D eigenvalue weighted by molar-refractivity contribution is -0.170. The monoisotopic (exact) mass is 349 g/mol.